The van der Waals surface area contributed by atoms with Crippen molar-refractivity contribution in [1.82, 2.24) is 5.32 Å². The van der Waals surface area contributed by atoms with Gasteiger partial charge in [-0.05, 0) is 55.8 Å². The zero-order valence-corrected chi connectivity index (χ0v) is 15.4. The lowest BCUT2D eigenvalue weighted by atomic mass is 10.1. The van der Waals surface area contributed by atoms with E-state index in [1.165, 1.54) is 13.2 Å². The highest BCUT2D eigenvalue weighted by Gasteiger charge is 2.11. The Morgan fingerprint density at radius 1 is 1.00 bits per heavy atom. The van der Waals surface area contributed by atoms with Crippen molar-refractivity contribution in [3.8, 4) is 11.5 Å². The highest BCUT2D eigenvalue weighted by Crippen LogP contribution is 2.24. The van der Waals surface area contributed by atoms with Gasteiger partial charge in [0.1, 0.15) is 11.5 Å². The molecule has 0 fully saturated rings. The van der Waals surface area contributed by atoms with Crippen LogP contribution in [0.25, 0.3) is 6.08 Å². The Bertz CT molecular complexity index is 807. The maximum absolute atomic E-state index is 12.5. The summed E-state index contributed by atoms with van der Waals surface area (Å²) < 4.78 is 10.4. The number of allylic oxidation sites excluding steroid dienone is 1. The lowest BCUT2D eigenvalue weighted by molar-refractivity contribution is 0.0942. The quantitative estimate of drug-likeness (QED) is 0.608. The third kappa shape index (κ3) is 4.96. The molecule has 0 bridgehead atoms. The summed E-state index contributed by atoms with van der Waals surface area (Å²) in [5, 5.41) is 2.84. The molecule has 0 spiro atoms. The molecule has 0 saturated carbocycles. The number of carbonyl (C=O) groups is 2. The second kappa shape index (κ2) is 8.85. The molecular formula is C21H23NO4. The third-order valence-electron chi connectivity index (χ3n) is 3.69. The van der Waals surface area contributed by atoms with Gasteiger partial charge in [0, 0.05) is 11.6 Å². The zero-order valence-electron chi connectivity index (χ0n) is 15.4. The van der Waals surface area contributed by atoms with Crippen molar-refractivity contribution < 1.29 is 19.1 Å². The van der Waals surface area contributed by atoms with E-state index >= 15 is 0 Å². The molecule has 5 nitrogen and oxygen atoms in total. The van der Waals surface area contributed by atoms with Crippen LogP contribution in [0.3, 0.4) is 0 Å². The van der Waals surface area contributed by atoms with Crippen molar-refractivity contribution in [2.24, 2.45) is 0 Å². The van der Waals surface area contributed by atoms with Crippen LogP contribution in [-0.4, -0.2) is 32.0 Å². The Kier molecular flexibility index (Phi) is 6.55. The number of nitrogens with one attached hydrogen (secondary N) is 1. The van der Waals surface area contributed by atoms with Crippen molar-refractivity contribution >= 4 is 17.8 Å². The summed E-state index contributed by atoms with van der Waals surface area (Å²) in [6.45, 7) is 3.82. The lowest BCUT2D eigenvalue weighted by Gasteiger charge is -2.08. The summed E-state index contributed by atoms with van der Waals surface area (Å²) >= 11 is 0. The minimum absolute atomic E-state index is 0.0811. The van der Waals surface area contributed by atoms with E-state index in [4.69, 9.17) is 9.47 Å². The highest BCUT2D eigenvalue weighted by atomic mass is 16.5. The standard InChI is InChI=1S/C21H23NO4/c1-14(2)22-21(24)16-8-5-15(6-9-16)7-11-19(23)18-13-17(25-3)10-12-20(18)26-4/h5-14H,1-4H3,(H,22,24)/b11-7+. The van der Waals surface area contributed by atoms with Crippen molar-refractivity contribution in [2.75, 3.05) is 14.2 Å². The molecule has 0 aliphatic carbocycles. The van der Waals surface area contributed by atoms with Crippen molar-refractivity contribution in [3.63, 3.8) is 0 Å². The predicted octanol–water partition coefficient (Wildman–Crippen LogP) is 3.74. The van der Waals surface area contributed by atoms with Gasteiger partial charge in [-0.1, -0.05) is 18.2 Å². The van der Waals surface area contributed by atoms with Gasteiger partial charge in [-0.25, -0.2) is 0 Å². The number of benzene rings is 2. The Labute approximate surface area is 153 Å². The fourth-order valence-electron chi connectivity index (χ4n) is 2.36. The van der Waals surface area contributed by atoms with Crippen LogP contribution in [0.1, 0.15) is 40.1 Å². The second-order valence-electron chi connectivity index (χ2n) is 6.01. The molecule has 2 aromatic carbocycles. The maximum atomic E-state index is 12.5. The van der Waals surface area contributed by atoms with Crippen LogP contribution < -0.4 is 14.8 Å². The van der Waals surface area contributed by atoms with Gasteiger partial charge >= 0.3 is 0 Å². The molecular weight excluding hydrogens is 330 g/mol. The van der Waals surface area contributed by atoms with Crippen LogP contribution >= 0.6 is 0 Å². The number of ether oxygens (including phenoxy) is 2. The van der Waals surface area contributed by atoms with Gasteiger partial charge in [-0.2, -0.15) is 0 Å². The molecule has 1 N–H and O–H groups in total. The van der Waals surface area contributed by atoms with E-state index < -0.39 is 0 Å². The minimum atomic E-state index is -0.192. The van der Waals surface area contributed by atoms with E-state index in [-0.39, 0.29) is 17.7 Å². The molecule has 26 heavy (non-hydrogen) atoms. The van der Waals surface area contributed by atoms with Crippen LogP contribution in [0, 0.1) is 0 Å². The number of rotatable bonds is 7. The van der Waals surface area contributed by atoms with E-state index in [0.717, 1.165) is 5.56 Å². The molecule has 0 radical (unpaired) electrons. The number of ketones is 1. The number of hydrogen-bond donors (Lipinski definition) is 1. The molecule has 2 aromatic rings. The first-order chi connectivity index (χ1) is 12.4. The fraction of sp³-hybridized carbons (Fsp3) is 0.238. The first-order valence-corrected chi connectivity index (χ1v) is 8.30. The van der Waals surface area contributed by atoms with Gasteiger partial charge in [0.05, 0.1) is 19.8 Å². The molecule has 0 heterocycles. The van der Waals surface area contributed by atoms with Crippen LogP contribution in [0.15, 0.2) is 48.5 Å². The minimum Gasteiger partial charge on any atom is -0.497 e. The summed E-state index contributed by atoms with van der Waals surface area (Å²) in [5.74, 6) is 0.763. The number of hydrogen-bond acceptors (Lipinski definition) is 4. The van der Waals surface area contributed by atoms with Gasteiger partial charge in [0.25, 0.3) is 5.91 Å². The van der Waals surface area contributed by atoms with Gasteiger partial charge in [-0.3, -0.25) is 9.59 Å². The molecule has 0 unspecified atom stereocenters. The molecule has 0 aliphatic heterocycles. The molecule has 0 aliphatic rings. The highest BCUT2D eigenvalue weighted by molar-refractivity contribution is 6.09. The Balaban J connectivity index is 2.14. The first kappa shape index (κ1) is 19.2. The van der Waals surface area contributed by atoms with E-state index in [0.29, 0.717) is 22.6 Å². The zero-order chi connectivity index (χ0) is 19.1. The molecule has 2 rings (SSSR count). The van der Waals surface area contributed by atoms with Gasteiger partial charge in [-0.15, -0.1) is 0 Å². The molecule has 0 aromatic heterocycles. The van der Waals surface area contributed by atoms with E-state index in [2.05, 4.69) is 5.32 Å². The van der Waals surface area contributed by atoms with E-state index in [9.17, 15) is 9.59 Å². The summed E-state index contributed by atoms with van der Waals surface area (Å²) in [6, 6.07) is 12.2. The van der Waals surface area contributed by atoms with Crippen LogP contribution in [0.4, 0.5) is 0 Å². The average molecular weight is 353 g/mol. The average Bonchev–Trinajstić information content (AvgIpc) is 2.65. The molecule has 5 heteroatoms. The van der Waals surface area contributed by atoms with E-state index in [1.807, 2.05) is 13.8 Å². The molecule has 0 saturated heterocycles. The lowest BCUT2D eigenvalue weighted by Crippen LogP contribution is -2.29. The largest absolute Gasteiger partial charge is 0.497 e. The fourth-order valence-corrected chi connectivity index (χ4v) is 2.36. The van der Waals surface area contributed by atoms with Gasteiger partial charge < -0.3 is 14.8 Å². The number of carbonyl (C=O) groups excluding carboxylic acids is 2. The van der Waals surface area contributed by atoms with Crippen molar-refractivity contribution in [1.29, 1.82) is 0 Å². The second-order valence-corrected chi connectivity index (χ2v) is 6.01. The number of amides is 1. The van der Waals surface area contributed by atoms with Crippen LogP contribution in [0.2, 0.25) is 0 Å². The third-order valence-corrected chi connectivity index (χ3v) is 3.69. The van der Waals surface area contributed by atoms with Crippen LogP contribution in [0.5, 0.6) is 11.5 Å². The molecule has 136 valence electrons. The molecule has 0 atom stereocenters. The number of methoxy groups -OCH3 is 2. The van der Waals surface area contributed by atoms with Crippen molar-refractivity contribution in [2.45, 2.75) is 19.9 Å². The topological polar surface area (TPSA) is 64.6 Å². The smallest absolute Gasteiger partial charge is 0.251 e. The normalized spacial score (nSPS) is 10.8. The monoisotopic (exact) mass is 353 g/mol. The Hall–Kier alpha value is -3.08. The van der Waals surface area contributed by atoms with Crippen molar-refractivity contribution in [3.05, 3.63) is 65.2 Å². The summed E-state index contributed by atoms with van der Waals surface area (Å²) in [6.07, 6.45) is 3.17. The first-order valence-electron chi connectivity index (χ1n) is 8.30. The molecule has 1 amide bonds. The van der Waals surface area contributed by atoms with Gasteiger partial charge in [0.15, 0.2) is 5.78 Å². The Morgan fingerprint density at radius 3 is 2.27 bits per heavy atom. The summed E-state index contributed by atoms with van der Waals surface area (Å²) in [4.78, 5) is 24.4. The summed E-state index contributed by atoms with van der Waals surface area (Å²) in [7, 11) is 3.06. The summed E-state index contributed by atoms with van der Waals surface area (Å²) in [5.41, 5.74) is 1.83. The van der Waals surface area contributed by atoms with Crippen LogP contribution in [-0.2, 0) is 0 Å². The maximum Gasteiger partial charge on any atom is 0.251 e. The predicted molar refractivity (Wildman–Crippen MR) is 102 cm³/mol. The SMILES string of the molecule is COc1ccc(OC)c(C(=O)/C=C/c2ccc(C(=O)NC(C)C)cc2)c1. The van der Waals surface area contributed by atoms with E-state index in [1.54, 1.807) is 55.7 Å². The van der Waals surface area contributed by atoms with Gasteiger partial charge in [0.2, 0.25) is 0 Å². The Morgan fingerprint density at radius 2 is 1.69 bits per heavy atom.